The largest absolute Gasteiger partial charge is 0.383 e. The Morgan fingerprint density at radius 3 is 2.59 bits per heavy atom. The molecular weight excluding hydrogens is 342 g/mol. The van der Waals surface area contributed by atoms with E-state index in [1.165, 1.54) is 6.20 Å². The summed E-state index contributed by atoms with van der Waals surface area (Å²) < 4.78 is 5.51. The Kier molecular flexibility index (Phi) is 5.03. The minimum atomic E-state index is -0.954. The zero-order chi connectivity index (χ0) is 18.7. The predicted molar refractivity (Wildman–Crippen MR) is 100 cm³/mol. The van der Waals surface area contributed by atoms with E-state index in [0.29, 0.717) is 44.2 Å². The molecule has 0 aliphatic carbocycles. The second-order valence-corrected chi connectivity index (χ2v) is 6.99. The van der Waals surface area contributed by atoms with Gasteiger partial charge in [-0.2, -0.15) is 5.26 Å². The van der Waals surface area contributed by atoms with Gasteiger partial charge in [-0.25, -0.2) is 9.97 Å². The van der Waals surface area contributed by atoms with E-state index in [9.17, 15) is 10.4 Å². The fourth-order valence-corrected chi connectivity index (χ4v) is 4.13. The highest BCUT2D eigenvalue weighted by Crippen LogP contribution is 2.37. The Hall–Kier alpha value is -2.53. The summed E-state index contributed by atoms with van der Waals surface area (Å²) in [4.78, 5) is 12.9. The summed E-state index contributed by atoms with van der Waals surface area (Å²) in [7, 11) is 0. The molecule has 1 N–H and O–H groups in total. The SMILES string of the molecule is N#Cc1nccnc1N1CC[C@](O)(c2ccccc2)[C@H](N2CCOCC2)C1. The summed E-state index contributed by atoms with van der Waals surface area (Å²) >= 11 is 0. The lowest BCUT2D eigenvalue weighted by Gasteiger charge is -2.50. The number of anilines is 1. The zero-order valence-electron chi connectivity index (χ0n) is 15.2. The minimum absolute atomic E-state index is 0.119. The Balaban J connectivity index is 1.68. The van der Waals surface area contributed by atoms with Crippen LogP contribution in [0.3, 0.4) is 0 Å². The molecule has 2 aliphatic heterocycles. The fourth-order valence-electron chi connectivity index (χ4n) is 4.13. The Morgan fingerprint density at radius 1 is 1.11 bits per heavy atom. The number of rotatable bonds is 3. The van der Waals surface area contributed by atoms with Gasteiger partial charge in [-0.1, -0.05) is 30.3 Å². The number of piperidine rings is 1. The van der Waals surface area contributed by atoms with Crippen LogP contribution in [0.2, 0.25) is 0 Å². The van der Waals surface area contributed by atoms with Gasteiger partial charge in [0, 0.05) is 38.6 Å². The van der Waals surface area contributed by atoms with E-state index < -0.39 is 5.60 Å². The average Bonchev–Trinajstić information content (AvgIpc) is 2.75. The zero-order valence-corrected chi connectivity index (χ0v) is 15.2. The molecule has 0 spiro atoms. The first-order chi connectivity index (χ1) is 13.2. The maximum atomic E-state index is 11.7. The molecule has 2 saturated heterocycles. The highest BCUT2D eigenvalue weighted by atomic mass is 16.5. The maximum absolute atomic E-state index is 11.7. The molecule has 0 saturated carbocycles. The summed E-state index contributed by atoms with van der Waals surface area (Å²) in [6.45, 7) is 4.07. The Labute approximate surface area is 158 Å². The first-order valence-electron chi connectivity index (χ1n) is 9.28. The summed E-state index contributed by atoms with van der Waals surface area (Å²) in [5, 5.41) is 21.1. The second kappa shape index (κ2) is 7.61. The molecule has 1 aromatic carbocycles. The molecule has 7 nitrogen and oxygen atoms in total. The molecule has 2 aliphatic rings. The van der Waals surface area contributed by atoms with Gasteiger partial charge in [0.05, 0.1) is 19.3 Å². The molecule has 2 fully saturated rings. The van der Waals surface area contributed by atoms with E-state index in [0.717, 1.165) is 18.7 Å². The molecule has 0 radical (unpaired) electrons. The number of aromatic nitrogens is 2. The standard InChI is InChI=1S/C20H23N5O2/c21-14-17-19(23-8-7-22-17)25-9-6-20(26,16-4-2-1-3-5-16)18(15-25)24-10-12-27-13-11-24/h1-5,7-8,18,26H,6,9-13,15H2/t18-,20+/m1/s1. The van der Waals surface area contributed by atoms with Gasteiger partial charge in [-0.3, -0.25) is 4.90 Å². The highest BCUT2D eigenvalue weighted by Gasteiger charge is 2.46. The van der Waals surface area contributed by atoms with Crippen molar-refractivity contribution in [2.45, 2.75) is 18.1 Å². The van der Waals surface area contributed by atoms with E-state index in [1.807, 2.05) is 30.3 Å². The third-order valence-corrected chi connectivity index (χ3v) is 5.55. The maximum Gasteiger partial charge on any atom is 0.183 e. The van der Waals surface area contributed by atoms with Crippen LogP contribution in [0, 0.1) is 11.3 Å². The van der Waals surface area contributed by atoms with E-state index in [4.69, 9.17) is 4.74 Å². The number of ether oxygens (including phenoxy) is 1. The quantitative estimate of drug-likeness (QED) is 0.873. The van der Waals surface area contributed by atoms with Crippen molar-refractivity contribution in [3.63, 3.8) is 0 Å². The first-order valence-corrected chi connectivity index (χ1v) is 9.28. The molecule has 0 bridgehead atoms. The molecule has 1 aromatic heterocycles. The van der Waals surface area contributed by atoms with E-state index in [2.05, 4.69) is 25.8 Å². The number of hydrogen-bond donors (Lipinski definition) is 1. The number of morpholine rings is 1. The van der Waals surface area contributed by atoms with Gasteiger partial charge in [-0.15, -0.1) is 0 Å². The van der Waals surface area contributed by atoms with Crippen LogP contribution < -0.4 is 4.90 Å². The van der Waals surface area contributed by atoms with Crippen molar-refractivity contribution in [2.24, 2.45) is 0 Å². The van der Waals surface area contributed by atoms with Crippen molar-refractivity contribution >= 4 is 5.82 Å². The monoisotopic (exact) mass is 365 g/mol. The van der Waals surface area contributed by atoms with Gasteiger partial charge in [0.25, 0.3) is 0 Å². The van der Waals surface area contributed by atoms with Gasteiger partial charge < -0.3 is 14.7 Å². The molecule has 2 atom stereocenters. The molecule has 27 heavy (non-hydrogen) atoms. The van der Waals surface area contributed by atoms with Crippen LogP contribution >= 0.6 is 0 Å². The van der Waals surface area contributed by atoms with Gasteiger partial charge in [-0.05, 0) is 12.0 Å². The van der Waals surface area contributed by atoms with E-state index in [-0.39, 0.29) is 6.04 Å². The molecular formula is C20H23N5O2. The summed E-state index contributed by atoms with van der Waals surface area (Å²) in [5.74, 6) is 0.591. The number of hydrogen-bond acceptors (Lipinski definition) is 7. The summed E-state index contributed by atoms with van der Waals surface area (Å²) in [6, 6.07) is 11.9. The lowest BCUT2D eigenvalue weighted by Crippen LogP contribution is -2.62. The van der Waals surface area contributed by atoms with Gasteiger partial charge >= 0.3 is 0 Å². The minimum Gasteiger partial charge on any atom is -0.383 e. The van der Waals surface area contributed by atoms with E-state index in [1.54, 1.807) is 6.20 Å². The van der Waals surface area contributed by atoms with Crippen LogP contribution in [-0.2, 0) is 10.3 Å². The Morgan fingerprint density at radius 2 is 1.85 bits per heavy atom. The molecule has 0 unspecified atom stereocenters. The predicted octanol–water partition coefficient (Wildman–Crippen LogP) is 1.15. The average molecular weight is 365 g/mol. The van der Waals surface area contributed by atoms with Gasteiger partial charge in [0.15, 0.2) is 11.5 Å². The number of nitrogens with zero attached hydrogens (tertiary/aromatic N) is 5. The fraction of sp³-hybridized carbons (Fsp3) is 0.450. The van der Waals surface area contributed by atoms with Crippen LogP contribution in [0.1, 0.15) is 17.7 Å². The third-order valence-electron chi connectivity index (χ3n) is 5.55. The number of benzene rings is 1. The van der Waals surface area contributed by atoms with Crippen LogP contribution in [0.4, 0.5) is 5.82 Å². The van der Waals surface area contributed by atoms with E-state index >= 15 is 0 Å². The Bertz CT molecular complexity index is 819. The van der Waals surface area contributed by atoms with Crippen molar-refractivity contribution in [1.82, 2.24) is 14.9 Å². The smallest absolute Gasteiger partial charge is 0.183 e. The van der Waals surface area contributed by atoms with Crippen molar-refractivity contribution in [2.75, 3.05) is 44.3 Å². The van der Waals surface area contributed by atoms with Crippen LogP contribution in [0.5, 0.6) is 0 Å². The van der Waals surface area contributed by atoms with Crippen LogP contribution in [0.15, 0.2) is 42.7 Å². The van der Waals surface area contributed by atoms with Crippen molar-refractivity contribution in [1.29, 1.82) is 5.26 Å². The first kappa shape index (κ1) is 17.9. The van der Waals surface area contributed by atoms with Crippen molar-refractivity contribution < 1.29 is 9.84 Å². The molecule has 2 aromatic rings. The molecule has 140 valence electrons. The number of aliphatic hydroxyl groups is 1. The van der Waals surface area contributed by atoms with Crippen LogP contribution in [0.25, 0.3) is 0 Å². The summed E-state index contributed by atoms with van der Waals surface area (Å²) in [6.07, 6.45) is 3.70. The molecule has 3 heterocycles. The number of nitriles is 1. The second-order valence-electron chi connectivity index (χ2n) is 6.99. The van der Waals surface area contributed by atoms with Crippen molar-refractivity contribution in [3.05, 3.63) is 54.0 Å². The topological polar surface area (TPSA) is 85.5 Å². The van der Waals surface area contributed by atoms with Crippen LogP contribution in [-0.4, -0.2) is 65.4 Å². The highest BCUT2D eigenvalue weighted by molar-refractivity contribution is 5.50. The van der Waals surface area contributed by atoms with Gasteiger partial charge in [0.1, 0.15) is 11.7 Å². The summed E-state index contributed by atoms with van der Waals surface area (Å²) in [5.41, 5.74) is 0.300. The van der Waals surface area contributed by atoms with Crippen molar-refractivity contribution in [3.8, 4) is 6.07 Å². The molecule has 0 amide bonds. The molecule has 4 rings (SSSR count). The normalized spacial score (nSPS) is 26.5. The van der Waals surface area contributed by atoms with Gasteiger partial charge in [0.2, 0.25) is 0 Å². The third kappa shape index (κ3) is 3.39. The molecule has 7 heteroatoms. The lowest BCUT2D eigenvalue weighted by atomic mass is 9.79. The lowest BCUT2D eigenvalue weighted by molar-refractivity contribution is -0.0911.